The van der Waals surface area contributed by atoms with Crippen LogP contribution in [0.2, 0.25) is 0 Å². The Kier molecular flexibility index (Phi) is 3.75. The summed E-state index contributed by atoms with van der Waals surface area (Å²) in [4.78, 5) is 12.8. The molecule has 0 amide bonds. The Hall–Kier alpha value is -1.62. The number of anilines is 1. The van der Waals surface area contributed by atoms with E-state index in [0.29, 0.717) is 0 Å². The van der Waals surface area contributed by atoms with Crippen LogP contribution in [0.4, 0.5) is 11.4 Å². The first kappa shape index (κ1) is 13.8. The summed E-state index contributed by atoms with van der Waals surface area (Å²) in [5, 5.41) is 14.2. The zero-order valence-corrected chi connectivity index (χ0v) is 11.8. The molecule has 104 valence electrons. The van der Waals surface area contributed by atoms with E-state index >= 15 is 0 Å². The number of nitrogens with zero attached hydrogens (tertiary/aromatic N) is 2. The van der Waals surface area contributed by atoms with Gasteiger partial charge >= 0.3 is 0 Å². The lowest BCUT2D eigenvalue weighted by molar-refractivity contribution is -0.384. The van der Waals surface area contributed by atoms with Gasteiger partial charge in [0, 0.05) is 29.9 Å². The van der Waals surface area contributed by atoms with Crippen LogP contribution in [0, 0.1) is 17.0 Å². The lowest BCUT2D eigenvalue weighted by Gasteiger charge is -2.47. The molecule has 0 heterocycles. The molecule has 1 fully saturated rings. The number of non-ortho nitro benzene ring substituents is 1. The summed E-state index contributed by atoms with van der Waals surface area (Å²) in [7, 11) is 4.19. The zero-order valence-electron chi connectivity index (χ0n) is 11.8. The second-order valence-corrected chi connectivity index (χ2v) is 5.64. The highest BCUT2D eigenvalue weighted by atomic mass is 16.6. The van der Waals surface area contributed by atoms with Crippen LogP contribution >= 0.6 is 0 Å². The molecule has 1 N–H and O–H groups in total. The largest absolute Gasteiger partial charge is 0.383 e. The van der Waals surface area contributed by atoms with Crippen molar-refractivity contribution in [3.8, 4) is 0 Å². The summed E-state index contributed by atoms with van der Waals surface area (Å²) < 4.78 is 0. The number of nitro benzene ring substituents is 1. The lowest BCUT2D eigenvalue weighted by atomic mass is 9.75. The van der Waals surface area contributed by atoms with Crippen LogP contribution in [0.25, 0.3) is 0 Å². The van der Waals surface area contributed by atoms with E-state index in [2.05, 4.69) is 24.3 Å². The zero-order chi connectivity index (χ0) is 14.0. The van der Waals surface area contributed by atoms with Gasteiger partial charge in [0.1, 0.15) is 0 Å². The van der Waals surface area contributed by atoms with Gasteiger partial charge in [-0.25, -0.2) is 0 Å². The molecule has 5 nitrogen and oxygen atoms in total. The number of benzene rings is 1. The standard InChI is InChI=1S/C14H21N3O2/c1-11-7-12(9-13(8-11)17(18)19)15-10-14(16(2)3)5-4-6-14/h7-9,15H,4-6,10H2,1-3H3. The fourth-order valence-corrected chi connectivity index (χ4v) is 2.60. The van der Waals surface area contributed by atoms with Gasteiger partial charge in [0.25, 0.3) is 5.69 Å². The molecule has 0 spiro atoms. The number of nitrogens with one attached hydrogen (secondary N) is 1. The molecule has 0 aromatic heterocycles. The quantitative estimate of drug-likeness (QED) is 0.655. The highest BCUT2D eigenvalue weighted by Crippen LogP contribution is 2.36. The van der Waals surface area contributed by atoms with Gasteiger partial charge in [-0.1, -0.05) is 0 Å². The van der Waals surface area contributed by atoms with Gasteiger partial charge in [-0.05, 0) is 51.9 Å². The van der Waals surface area contributed by atoms with E-state index in [0.717, 1.165) is 17.8 Å². The summed E-state index contributed by atoms with van der Waals surface area (Å²) in [6.07, 6.45) is 3.62. The fourth-order valence-electron chi connectivity index (χ4n) is 2.60. The van der Waals surface area contributed by atoms with Crippen molar-refractivity contribution in [1.82, 2.24) is 4.90 Å². The smallest absolute Gasteiger partial charge is 0.271 e. The highest BCUT2D eigenvalue weighted by molar-refractivity contribution is 5.54. The van der Waals surface area contributed by atoms with Crippen molar-refractivity contribution < 1.29 is 4.92 Å². The molecule has 0 saturated heterocycles. The maximum Gasteiger partial charge on any atom is 0.271 e. The van der Waals surface area contributed by atoms with Crippen LogP contribution in [0.5, 0.6) is 0 Å². The molecule has 2 rings (SSSR count). The summed E-state index contributed by atoms with van der Waals surface area (Å²) in [5.74, 6) is 0. The highest BCUT2D eigenvalue weighted by Gasteiger charge is 2.38. The maximum atomic E-state index is 10.9. The first-order valence-electron chi connectivity index (χ1n) is 6.60. The molecule has 0 atom stereocenters. The van der Waals surface area contributed by atoms with Gasteiger partial charge in [-0.15, -0.1) is 0 Å². The second-order valence-electron chi connectivity index (χ2n) is 5.64. The number of likely N-dealkylation sites (N-methyl/N-ethyl adjacent to an activating group) is 1. The monoisotopic (exact) mass is 263 g/mol. The Morgan fingerprint density at radius 1 is 1.37 bits per heavy atom. The van der Waals surface area contributed by atoms with Crippen molar-refractivity contribution >= 4 is 11.4 Å². The SMILES string of the molecule is Cc1cc(NCC2(N(C)C)CCC2)cc([N+](=O)[O-])c1. The van der Waals surface area contributed by atoms with Gasteiger partial charge < -0.3 is 10.2 Å². The second kappa shape index (κ2) is 5.17. The molecule has 0 bridgehead atoms. The molecule has 1 aromatic carbocycles. The Labute approximate surface area is 113 Å². The molecule has 0 aliphatic heterocycles. The molecular weight excluding hydrogens is 242 g/mol. The predicted octanol–water partition coefficient (Wildman–Crippen LogP) is 2.80. The van der Waals surface area contributed by atoms with E-state index < -0.39 is 0 Å². The van der Waals surface area contributed by atoms with Crippen molar-refractivity contribution in [3.05, 3.63) is 33.9 Å². The van der Waals surface area contributed by atoms with E-state index in [1.807, 2.05) is 13.0 Å². The number of hydrogen-bond donors (Lipinski definition) is 1. The molecule has 19 heavy (non-hydrogen) atoms. The summed E-state index contributed by atoms with van der Waals surface area (Å²) >= 11 is 0. The van der Waals surface area contributed by atoms with Gasteiger partial charge in [0.05, 0.1) is 4.92 Å². The Balaban J connectivity index is 2.09. The van der Waals surface area contributed by atoms with Gasteiger partial charge in [0.15, 0.2) is 0 Å². The third kappa shape index (κ3) is 2.87. The molecule has 5 heteroatoms. The van der Waals surface area contributed by atoms with Crippen LogP contribution in [-0.4, -0.2) is 36.0 Å². The summed E-state index contributed by atoms with van der Waals surface area (Å²) in [5.41, 5.74) is 2.09. The minimum Gasteiger partial charge on any atom is -0.383 e. The van der Waals surface area contributed by atoms with Gasteiger partial charge in [-0.2, -0.15) is 0 Å². The van der Waals surface area contributed by atoms with Gasteiger partial charge in [0.2, 0.25) is 0 Å². The first-order chi connectivity index (χ1) is 8.93. The van der Waals surface area contributed by atoms with Crippen molar-refractivity contribution in [2.45, 2.75) is 31.7 Å². The van der Waals surface area contributed by atoms with Crippen LogP contribution in [-0.2, 0) is 0 Å². The van der Waals surface area contributed by atoms with Crippen molar-refractivity contribution in [2.24, 2.45) is 0 Å². The molecule has 1 aliphatic carbocycles. The first-order valence-corrected chi connectivity index (χ1v) is 6.60. The normalized spacial score (nSPS) is 17.1. The van der Waals surface area contributed by atoms with Crippen LogP contribution in [0.3, 0.4) is 0 Å². The molecule has 1 saturated carbocycles. The Morgan fingerprint density at radius 2 is 2.05 bits per heavy atom. The molecular formula is C14H21N3O2. The number of nitro groups is 1. The van der Waals surface area contributed by atoms with E-state index in [-0.39, 0.29) is 16.1 Å². The van der Waals surface area contributed by atoms with Crippen molar-refractivity contribution in [3.63, 3.8) is 0 Å². The van der Waals surface area contributed by atoms with Crippen LogP contribution in [0.15, 0.2) is 18.2 Å². The maximum absolute atomic E-state index is 10.9. The number of rotatable bonds is 5. The van der Waals surface area contributed by atoms with E-state index in [9.17, 15) is 10.1 Å². The van der Waals surface area contributed by atoms with E-state index in [1.165, 1.54) is 19.3 Å². The minimum absolute atomic E-state index is 0.148. The average molecular weight is 263 g/mol. The van der Waals surface area contributed by atoms with Crippen molar-refractivity contribution in [2.75, 3.05) is 26.0 Å². The molecule has 0 radical (unpaired) electrons. The van der Waals surface area contributed by atoms with E-state index in [1.54, 1.807) is 12.1 Å². The molecule has 1 aliphatic rings. The van der Waals surface area contributed by atoms with Crippen LogP contribution < -0.4 is 5.32 Å². The average Bonchev–Trinajstić information content (AvgIpc) is 2.26. The predicted molar refractivity (Wildman–Crippen MR) is 76.6 cm³/mol. The topological polar surface area (TPSA) is 58.4 Å². The fraction of sp³-hybridized carbons (Fsp3) is 0.571. The molecule has 0 unspecified atom stereocenters. The van der Waals surface area contributed by atoms with Gasteiger partial charge in [-0.3, -0.25) is 10.1 Å². The summed E-state index contributed by atoms with van der Waals surface area (Å²) in [6.45, 7) is 2.71. The lowest BCUT2D eigenvalue weighted by Crippen LogP contribution is -2.54. The minimum atomic E-state index is -0.344. The third-order valence-electron chi connectivity index (χ3n) is 4.13. The third-order valence-corrected chi connectivity index (χ3v) is 4.13. The molecule has 1 aromatic rings. The summed E-state index contributed by atoms with van der Waals surface area (Å²) in [6, 6.07) is 5.15. The van der Waals surface area contributed by atoms with Crippen LogP contribution in [0.1, 0.15) is 24.8 Å². The Morgan fingerprint density at radius 3 is 2.53 bits per heavy atom. The number of hydrogen-bond acceptors (Lipinski definition) is 4. The van der Waals surface area contributed by atoms with E-state index in [4.69, 9.17) is 0 Å². The number of aryl methyl sites for hydroxylation is 1. The van der Waals surface area contributed by atoms with Crippen molar-refractivity contribution in [1.29, 1.82) is 0 Å². The Bertz CT molecular complexity index is 482.